The van der Waals surface area contributed by atoms with Crippen molar-refractivity contribution in [3.8, 4) is 17.1 Å². The molecule has 0 atom stereocenters. The molecule has 0 bridgehead atoms. The van der Waals surface area contributed by atoms with E-state index >= 15 is 0 Å². The number of hydrogen-bond donors (Lipinski definition) is 1. The van der Waals surface area contributed by atoms with Gasteiger partial charge in [0.2, 0.25) is 0 Å². The summed E-state index contributed by atoms with van der Waals surface area (Å²) < 4.78 is 3.49. The summed E-state index contributed by atoms with van der Waals surface area (Å²) in [4.78, 5) is 0. The van der Waals surface area contributed by atoms with Crippen molar-refractivity contribution in [2.75, 3.05) is 5.73 Å². The molecular weight excluding hydrogens is 398 g/mol. The number of aryl methyl sites for hydroxylation is 1. The average molecular weight is 409 g/mol. The smallest absolute Gasteiger partial charge is 0.187 e. The molecule has 0 spiro atoms. The first-order valence-electron chi connectivity index (χ1n) is 6.17. The van der Waals surface area contributed by atoms with Gasteiger partial charge in [0.05, 0.1) is 5.69 Å². The van der Waals surface area contributed by atoms with Gasteiger partial charge in [0, 0.05) is 20.2 Å². The number of halogens is 2. The molecule has 2 N–H and O–H groups in total. The van der Waals surface area contributed by atoms with Gasteiger partial charge in [0.1, 0.15) is 0 Å². The third-order valence-electron chi connectivity index (χ3n) is 3.15. The number of anilines is 1. The lowest BCUT2D eigenvalue weighted by molar-refractivity contribution is 0.786. The largest absolute Gasteiger partial charge is 0.399 e. The highest BCUT2D eigenvalue weighted by Gasteiger charge is 2.16. The Morgan fingerprint density at radius 2 is 1.81 bits per heavy atom. The minimum Gasteiger partial charge on any atom is -0.399 e. The summed E-state index contributed by atoms with van der Waals surface area (Å²) in [7, 11) is 0. The summed E-state index contributed by atoms with van der Waals surface area (Å²) in [5.74, 6) is 0.658. The molecule has 1 heterocycles. The number of nitrogens with two attached hydrogens (primary N) is 1. The van der Waals surface area contributed by atoms with Crippen molar-refractivity contribution < 1.29 is 0 Å². The predicted octanol–water partition coefficient (Wildman–Crippen LogP) is 3.74. The number of hydrogen-bond acceptors (Lipinski definition) is 4. The molecule has 0 amide bonds. The molecule has 3 aromatic rings. The highest BCUT2D eigenvalue weighted by Crippen LogP contribution is 2.31. The Bertz CT molecular complexity index is 793. The lowest BCUT2D eigenvalue weighted by Crippen LogP contribution is -2.02. The molecule has 3 rings (SSSR count). The first-order valence-corrected chi connectivity index (χ1v) is 7.76. The van der Waals surface area contributed by atoms with Gasteiger partial charge in [-0.1, -0.05) is 6.07 Å². The zero-order valence-electron chi connectivity index (χ0n) is 11.1. The van der Waals surface area contributed by atoms with Crippen LogP contribution in [-0.4, -0.2) is 20.2 Å². The van der Waals surface area contributed by atoms with Gasteiger partial charge in [-0.2, -0.15) is 4.68 Å². The molecule has 0 radical (unpaired) electrons. The van der Waals surface area contributed by atoms with Crippen molar-refractivity contribution in [3.63, 3.8) is 0 Å². The summed E-state index contributed by atoms with van der Waals surface area (Å²) >= 11 is 7.07. The maximum absolute atomic E-state index is 5.87. The Balaban J connectivity index is 2.20. The van der Waals surface area contributed by atoms with Gasteiger partial charge in [-0.15, -0.1) is 5.10 Å². The molecule has 5 nitrogen and oxygen atoms in total. The molecule has 0 aliphatic heterocycles. The minimum absolute atomic E-state index is 0.658. The SMILES string of the molecule is Cc1cc(-c2nnnn2-c2c(Br)cccc2Br)ccc1N. The highest BCUT2D eigenvalue weighted by atomic mass is 79.9. The Morgan fingerprint density at radius 1 is 1.10 bits per heavy atom. The van der Waals surface area contributed by atoms with Gasteiger partial charge in [-0.3, -0.25) is 0 Å². The first kappa shape index (κ1) is 14.2. The van der Waals surface area contributed by atoms with Crippen LogP contribution in [0.15, 0.2) is 45.3 Å². The topological polar surface area (TPSA) is 69.6 Å². The molecular formula is C14H11Br2N5. The molecule has 0 aliphatic rings. The fraction of sp³-hybridized carbons (Fsp3) is 0.0714. The van der Waals surface area contributed by atoms with E-state index in [0.29, 0.717) is 5.82 Å². The fourth-order valence-corrected chi connectivity index (χ4v) is 3.36. The van der Waals surface area contributed by atoms with Crippen molar-refractivity contribution in [2.45, 2.75) is 6.92 Å². The Morgan fingerprint density at radius 3 is 2.48 bits per heavy atom. The lowest BCUT2D eigenvalue weighted by atomic mass is 10.1. The molecule has 1 aromatic heterocycles. The quantitative estimate of drug-likeness (QED) is 0.655. The van der Waals surface area contributed by atoms with E-state index in [1.165, 1.54) is 0 Å². The van der Waals surface area contributed by atoms with Crippen LogP contribution in [0.1, 0.15) is 5.56 Å². The van der Waals surface area contributed by atoms with Gasteiger partial charge < -0.3 is 5.73 Å². The van der Waals surface area contributed by atoms with E-state index in [2.05, 4.69) is 47.4 Å². The average Bonchev–Trinajstić information content (AvgIpc) is 2.91. The van der Waals surface area contributed by atoms with Crippen LogP contribution in [0, 0.1) is 6.92 Å². The number of para-hydroxylation sites is 1. The number of nitrogen functional groups attached to an aromatic ring is 1. The Hall–Kier alpha value is -1.73. The van der Waals surface area contributed by atoms with Crippen LogP contribution in [0.3, 0.4) is 0 Å². The molecule has 0 saturated carbocycles. The second-order valence-corrected chi connectivity index (χ2v) is 6.26. The zero-order valence-corrected chi connectivity index (χ0v) is 14.3. The van der Waals surface area contributed by atoms with Crippen LogP contribution in [0.2, 0.25) is 0 Å². The van der Waals surface area contributed by atoms with E-state index in [9.17, 15) is 0 Å². The van der Waals surface area contributed by atoms with Crippen LogP contribution >= 0.6 is 31.9 Å². The molecule has 106 valence electrons. The van der Waals surface area contributed by atoms with Crippen molar-refractivity contribution in [2.24, 2.45) is 0 Å². The third-order valence-corrected chi connectivity index (χ3v) is 4.43. The van der Waals surface area contributed by atoms with E-state index in [1.807, 2.05) is 43.3 Å². The second-order valence-electron chi connectivity index (χ2n) is 4.56. The van der Waals surface area contributed by atoms with Crippen LogP contribution < -0.4 is 5.73 Å². The molecule has 0 unspecified atom stereocenters. The number of benzene rings is 2. The van der Waals surface area contributed by atoms with E-state index < -0.39 is 0 Å². The molecule has 7 heteroatoms. The van der Waals surface area contributed by atoms with Gasteiger partial charge in [0.15, 0.2) is 5.82 Å². The summed E-state index contributed by atoms with van der Waals surface area (Å²) in [6.45, 7) is 1.96. The minimum atomic E-state index is 0.658. The van der Waals surface area contributed by atoms with Crippen LogP contribution in [-0.2, 0) is 0 Å². The maximum Gasteiger partial charge on any atom is 0.187 e. The van der Waals surface area contributed by atoms with Gasteiger partial charge in [0.25, 0.3) is 0 Å². The lowest BCUT2D eigenvalue weighted by Gasteiger charge is -2.10. The normalized spacial score (nSPS) is 10.8. The number of aromatic nitrogens is 4. The monoisotopic (exact) mass is 407 g/mol. The van der Waals surface area contributed by atoms with E-state index in [-0.39, 0.29) is 0 Å². The van der Waals surface area contributed by atoms with E-state index in [1.54, 1.807) is 4.68 Å². The number of nitrogens with zero attached hydrogens (tertiary/aromatic N) is 4. The van der Waals surface area contributed by atoms with Crippen LogP contribution in [0.25, 0.3) is 17.1 Å². The summed E-state index contributed by atoms with van der Waals surface area (Å²) in [6.07, 6.45) is 0. The predicted molar refractivity (Wildman–Crippen MR) is 89.1 cm³/mol. The van der Waals surface area contributed by atoms with Gasteiger partial charge >= 0.3 is 0 Å². The van der Waals surface area contributed by atoms with Crippen molar-refractivity contribution in [3.05, 3.63) is 50.9 Å². The molecule has 0 fully saturated rings. The molecule has 0 aliphatic carbocycles. The summed E-state index contributed by atoms with van der Waals surface area (Å²) in [6, 6.07) is 11.6. The molecule has 21 heavy (non-hydrogen) atoms. The number of tetrazole rings is 1. The molecule has 0 saturated heterocycles. The third kappa shape index (κ3) is 2.58. The van der Waals surface area contributed by atoms with Gasteiger partial charge in [-0.05, 0) is 85.1 Å². The Labute approximate surface area is 138 Å². The van der Waals surface area contributed by atoms with E-state index in [4.69, 9.17) is 5.73 Å². The standard InChI is InChI=1S/C14H11Br2N5/c1-8-7-9(5-6-12(8)17)14-18-19-20-21(14)13-10(15)3-2-4-11(13)16/h2-7H,17H2,1H3. The fourth-order valence-electron chi connectivity index (χ4n) is 2.02. The molecule has 2 aromatic carbocycles. The first-order chi connectivity index (χ1) is 10.1. The summed E-state index contributed by atoms with van der Waals surface area (Å²) in [5, 5.41) is 12.0. The summed E-state index contributed by atoms with van der Waals surface area (Å²) in [5.41, 5.74) is 9.37. The van der Waals surface area contributed by atoms with E-state index in [0.717, 1.165) is 31.4 Å². The zero-order chi connectivity index (χ0) is 15.0. The highest BCUT2D eigenvalue weighted by molar-refractivity contribution is 9.11. The Kier molecular flexibility index (Phi) is 3.77. The van der Waals surface area contributed by atoms with Crippen molar-refractivity contribution in [1.82, 2.24) is 20.2 Å². The maximum atomic E-state index is 5.87. The van der Waals surface area contributed by atoms with Crippen molar-refractivity contribution in [1.29, 1.82) is 0 Å². The number of rotatable bonds is 2. The second kappa shape index (κ2) is 5.57. The van der Waals surface area contributed by atoms with Crippen LogP contribution in [0.5, 0.6) is 0 Å². The van der Waals surface area contributed by atoms with Crippen molar-refractivity contribution >= 4 is 37.5 Å². The van der Waals surface area contributed by atoms with Gasteiger partial charge in [-0.25, -0.2) is 0 Å². The van der Waals surface area contributed by atoms with Crippen LogP contribution in [0.4, 0.5) is 5.69 Å².